The Hall–Kier alpha value is -6.43. The molecule has 0 amide bonds. The van der Waals surface area contributed by atoms with Gasteiger partial charge in [0.15, 0.2) is 5.82 Å². The number of para-hydroxylation sites is 2. The van der Waals surface area contributed by atoms with Gasteiger partial charge in [0.2, 0.25) is 0 Å². The van der Waals surface area contributed by atoms with Crippen LogP contribution >= 0.6 is 11.3 Å². The number of benzene rings is 6. The van der Waals surface area contributed by atoms with Crippen LogP contribution in [-0.2, 0) is 0 Å². The van der Waals surface area contributed by atoms with Gasteiger partial charge in [-0.15, -0.1) is 11.3 Å². The van der Waals surface area contributed by atoms with Gasteiger partial charge in [-0.25, -0.2) is 9.97 Å². The molecule has 0 radical (unpaired) electrons. The Morgan fingerprint density at radius 3 is 1.88 bits per heavy atom. The van der Waals surface area contributed by atoms with Gasteiger partial charge in [-0.05, 0) is 65.7 Å². The number of fused-ring (bicyclic) bond motifs is 6. The molecule has 50 heavy (non-hydrogen) atoms. The van der Waals surface area contributed by atoms with E-state index in [4.69, 9.17) is 15.0 Å². The van der Waals surface area contributed by atoms with E-state index in [0.29, 0.717) is 5.82 Å². The first-order chi connectivity index (χ1) is 24.8. The molecule has 0 N–H and O–H groups in total. The molecule has 0 spiro atoms. The first-order valence-corrected chi connectivity index (χ1v) is 17.5. The van der Waals surface area contributed by atoms with Gasteiger partial charge in [0, 0.05) is 49.4 Å². The van der Waals surface area contributed by atoms with E-state index >= 15 is 0 Å². The van der Waals surface area contributed by atoms with E-state index in [1.54, 1.807) is 11.3 Å². The molecule has 4 aromatic heterocycles. The molecule has 10 aromatic rings. The summed E-state index contributed by atoms with van der Waals surface area (Å²) >= 11 is 1.76. The minimum absolute atomic E-state index is 0.683. The van der Waals surface area contributed by atoms with Gasteiger partial charge >= 0.3 is 0 Å². The minimum Gasteiger partial charge on any atom is -0.309 e. The first-order valence-electron chi connectivity index (χ1n) is 16.7. The van der Waals surface area contributed by atoms with Crippen molar-refractivity contribution in [2.45, 2.75) is 0 Å². The van der Waals surface area contributed by atoms with Crippen molar-refractivity contribution in [2.24, 2.45) is 0 Å². The maximum atomic E-state index is 5.34. The molecule has 0 aliphatic heterocycles. The Balaban J connectivity index is 1.29. The number of nitrogens with zero attached hydrogens (tertiary/aromatic N) is 4. The van der Waals surface area contributed by atoms with E-state index in [1.165, 1.54) is 21.8 Å². The zero-order valence-corrected chi connectivity index (χ0v) is 27.7. The third kappa shape index (κ3) is 4.63. The lowest BCUT2D eigenvalue weighted by Gasteiger charge is -2.15. The lowest BCUT2D eigenvalue weighted by atomic mass is 9.94. The second-order valence-electron chi connectivity index (χ2n) is 12.4. The molecule has 6 aromatic carbocycles. The van der Waals surface area contributed by atoms with Crippen molar-refractivity contribution in [3.63, 3.8) is 0 Å². The number of hydrogen-bond donors (Lipinski definition) is 0. The molecule has 0 saturated carbocycles. The predicted octanol–water partition coefficient (Wildman–Crippen LogP) is 12.0. The maximum Gasteiger partial charge on any atom is 0.161 e. The lowest BCUT2D eigenvalue weighted by Crippen LogP contribution is -1.98. The summed E-state index contributed by atoms with van der Waals surface area (Å²) < 4.78 is 4.66. The van der Waals surface area contributed by atoms with Gasteiger partial charge in [-0.3, -0.25) is 4.98 Å². The van der Waals surface area contributed by atoms with Crippen LogP contribution < -0.4 is 0 Å². The molecule has 0 atom stereocenters. The highest BCUT2D eigenvalue weighted by atomic mass is 32.1. The molecule has 4 nitrogen and oxygen atoms in total. The van der Waals surface area contributed by atoms with Crippen LogP contribution in [-0.4, -0.2) is 19.5 Å². The minimum atomic E-state index is 0.683. The summed E-state index contributed by atoms with van der Waals surface area (Å²) in [6.45, 7) is 0. The summed E-state index contributed by atoms with van der Waals surface area (Å²) in [6.07, 6.45) is 1.88. The number of rotatable bonds is 5. The van der Waals surface area contributed by atoms with Crippen molar-refractivity contribution < 1.29 is 0 Å². The van der Waals surface area contributed by atoms with Gasteiger partial charge < -0.3 is 4.57 Å². The third-order valence-electron chi connectivity index (χ3n) is 9.48. The first kappa shape index (κ1) is 28.6. The highest BCUT2D eigenvalue weighted by molar-refractivity contribution is 7.25. The summed E-state index contributed by atoms with van der Waals surface area (Å²) in [4.78, 5) is 15.6. The average molecular weight is 657 g/mol. The van der Waals surface area contributed by atoms with E-state index in [0.717, 1.165) is 65.2 Å². The fourth-order valence-electron chi connectivity index (χ4n) is 7.22. The van der Waals surface area contributed by atoms with Crippen molar-refractivity contribution in [3.8, 4) is 50.7 Å². The molecule has 0 bridgehead atoms. The zero-order chi connectivity index (χ0) is 33.0. The van der Waals surface area contributed by atoms with Gasteiger partial charge in [0.25, 0.3) is 0 Å². The summed E-state index contributed by atoms with van der Waals surface area (Å²) in [7, 11) is 0. The van der Waals surface area contributed by atoms with Gasteiger partial charge in [-0.1, -0.05) is 109 Å². The topological polar surface area (TPSA) is 43.6 Å². The van der Waals surface area contributed by atoms with Gasteiger partial charge in [0.1, 0.15) is 0 Å². The molecular weight excluding hydrogens is 629 g/mol. The molecule has 0 aliphatic carbocycles. The lowest BCUT2D eigenvalue weighted by molar-refractivity contribution is 1.18. The van der Waals surface area contributed by atoms with Crippen LogP contribution in [0, 0.1) is 0 Å². The second-order valence-corrected chi connectivity index (χ2v) is 13.5. The summed E-state index contributed by atoms with van der Waals surface area (Å²) in [6, 6.07) is 57.6. The highest BCUT2D eigenvalue weighted by Crippen LogP contribution is 2.45. The van der Waals surface area contributed by atoms with E-state index in [1.807, 2.05) is 24.4 Å². The fourth-order valence-corrected chi connectivity index (χ4v) is 8.30. The molecule has 5 heteroatoms. The van der Waals surface area contributed by atoms with Crippen LogP contribution in [0.2, 0.25) is 0 Å². The Morgan fingerprint density at radius 1 is 0.480 bits per heavy atom. The fraction of sp³-hybridized carbons (Fsp3) is 0. The largest absolute Gasteiger partial charge is 0.309 e. The second kappa shape index (κ2) is 11.6. The average Bonchev–Trinajstić information content (AvgIpc) is 3.74. The maximum absolute atomic E-state index is 5.34. The summed E-state index contributed by atoms with van der Waals surface area (Å²) in [5.74, 6) is 0.683. The van der Waals surface area contributed by atoms with Crippen molar-refractivity contribution >= 4 is 53.4 Å². The molecule has 0 fully saturated rings. The van der Waals surface area contributed by atoms with E-state index in [2.05, 4.69) is 150 Å². The Kier molecular flexibility index (Phi) is 6.64. The van der Waals surface area contributed by atoms with Crippen LogP contribution in [0.3, 0.4) is 0 Å². The van der Waals surface area contributed by atoms with Gasteiger partial charge in [0.05, 0.1) is 32.6 Å². The normalized spacial score (nSPS) is 11.6. The Labute approximate surface area is 292 Å². The standard InChI is InChI=1S/C45H28N4S/c1-4-13-29(14-5-1)36-28-37(30-15-6-2-7-16-30)48-45(47-36)42-33(23-25-40-43(42)44-41(50-40)21-12-26-46-44)31-22-24-39-35(27-31)34-19-10-11-20-38(34)49(39)32-17-8-3-9-18-32/h1-28H. The van der Waals surface area contributed by atoms with E-state index in [-0.39, 0.29) is 0 Å². The summed E-state index contributed by atoms with van der Waals surface area (Å²) in [5.41, 5.74) is 11.5. The van der Waals surface area contributed by atoms with Crippen molar-refractivity contribution in [3.05, 3.63) is 170 Å². The molecule has 0 aliphatic rings. The third-order valence-corrected chi connectivity index (χ3v) is 10.6. The monoisotopic (exact) mass is 656 g/mol. The number of thiophene rings is 1. The van der Waals surface area contributed by atoms with Crippen LogP contribution in [0.15, 0.2) is 170 Å². The smallest absolute Gasteiger partial charge is 0.161 e. The quantitative estimate of drug-likeness (QED) is 0.185. The van der Waals surface area contributed by atoms with Gasteiger partial charge in [-0.2, -0.15) is 0 Å². The van der Waals surface area contributed by atoms with Crippen LogP contribution in [0.1, 0.15) is 0 Å². The molecule has 4 heterocycles. The number of pyridine rings is 1. The summed E-state index contributed by atoms with van der Waals surface area (Å²) in [5, 5.41) is 3.50. The Morgan fingerprint density at radius 2 is 1.14 bits per heavy atom. The van der Waals surface area contributed by atoms with E-state index < -0.39 is 0 Å². The highest BCUT2D eigenvalue weighted by Gasteiger charge is 2.22. The van der Waals surface area contributed by atoms with Crippen LogP contribution in [0.25, 0.3) is 92.8 Å². The molecular formula is C45H28N4S. The van der Waals surface area contributed by atoms with Crippen LogP contribution in [0.5, 0.6) is 0 Å². The molecule has 234 valence electrons. The molecule has 0 unspecified atom stereocenters. The van der Waals surface area contributed by atoms with Crippen molar-refractivity contribution in [1.82, 2.24) is 19.5 Å². The molecule has 0 saturated heterocycles. The molecule has 10 rings (SSSR count). The predicted molar refractivity (Wildman–Crippen MR) is 209 cm³/mol. The zero-order valence-electron chi connectivity index (χ0n) is 26.9. The SMILES string of the molecule is c1ccc(-c2cc(-c3ccccc3)nc(-c3c(-c4ccc5c(c4)c4ccccc4n5-c4ccccc4)ccc4sc5cccnc5c34)n2)cc1. The number of hydrogen-bond acceptors (Lipinski definition) is 4. The Bertz CT molecular complexity index is 2800. The number of aromatic nitrogens is 4. The van der Waals surface area contributed by atoms with Crippen LogP contribution in [0.4, 0.5) is 0 Å². The van der Waals surface area contributed by atoms with Crippen molar-refractivity contribution in [2.75, 3.05) is 0 Å². The van der Waals surface area contributed by atoms with Crippen molar-refractivity contribution in [1.29, 1.82) is 0 Å². The van der Waals surface area contributed by atoms with E-state index in [9.17, 15) is 0 Å².